The van der Waals surface area contributed by atoms with Crippen molar-refractivity contribution < 1.29 is 9.59 Å². The molecule has 2 amide bonds. The molecule has 0 N–H and O–H groups in total. The van der Waals surface area contributed by atoms with Crippen LogP contribution in [0.15, 0.2) is 61.2 Å². The lowest BCUT2D eigenvalue weighted by atomic mass is 10.0. The van der Waals surface area contributed by atoms with E-state index in [1.807, 2.05) is 67.4 Å². The molecule has 1 aromatic heterocycles. The molecule has 4 rings (SSSR count). The number of rotatable bonds is 6. The van der Waals surface area contributed by atoms with Gasteiger partial charge in [-0.2, -0.15) is 5.10 Å². The first-order chi connectivity index (χ1) is 14.5. The summed E-state index contributed by atoms with van der Waals surface area (Å²) in [4.78, 5) is 32.3. The van der Waals surface area contributed by atoms with Crippen LogP contribution >= 0.6 is 0 Å². The number of hydrogen-bond donors (Lipinski definition) is 0. The number of likely N-dealkylation sites (tertiary alicyclic amines) is 1. The summed E-state index contributed by atoms with van der Waals surface area (Å²) in [6, 6.07) is 15.4. The van der Waals surface area contributed by atoms with Crippen molar-refractivity contribution in [1.29, 1.82) is 0 Å². The lowest BCUT2D eigenvalue weighted by molar-refractivity contribution is -0.128. The molecule has 1 aliphatic heterocycles. The maximum absolute atomic E-state index is 13.0. The van der Waals surface area contributed by atoms with E-state index in [0.717, 1.165) is 29.8 Å². The number of carbonyl (C=O) groups excluding carboxylic acids is 2. The number of aromatic nitrogens is 3. The number of carbonyl (C=O) groups is 2. The summed E-state index contributed by atoms with van der Waals surface area (Å²) < 4.78 is 1.70. The van der Waals surface area contributed by atoms with E-state index in [0.29, 0.717) is 18.5 Å². The monoisotopic (exact) mass is 403 g/mol. The van der Waals surface area contributed by atoms with Crippen molar-refractivity contribution in [1.82, 2.24) is 24.6 Å². The van der Waals surface area contributed by atoms with Crippen LogP contribution in [-0.2, 0) is 11.3 Å². The summed E-state index contributed by atoms with van der Waals surface area (Å²) in [5, 5.41) is 4.13. The summed E-state index contributed by atoms with van der Waals surface area (Å²) in [6.45, 7) is 3.43. The fourth-order valence-corrected chi connectivity index (χ4v) is 3.69. The van der Waals surface area contributed by atoms with Crippen LogP contribution < -0.4 is 0 Å². The number of amides is 2. The Balaban J connectivity index is 1.41. The van der Waals surface area contributed by atoms with E-state index in [2.05, 4.69) is 10.1 Å². The second-order valence-corrected chi connectivity index (χ2v) is 7.64. The summed E-state index contributed by atoms with van der Waals surface area (Å²) in [5.74, 6) is 0.171. The minimum Gasteiger partial charge on any atom is -0.338 e. The van der Waals surface area contributed by atoms with Gasteiger partial charge >= 0.3 is 0 Å². The lowest BCUT2D eigenvalue weighted by Crippen LogP contribution is -2.29. The zero-order valence-corrected chi connectivity index (χ0v) is 17.2. The van der Waals surface area contributed by atoms with Crippen molar-refractivity contribution in [3.63, 3.8) is 0 Å². The third kappa shape index (κ3) is 4.10. The zero-order chi connectivity index (χ0) is 21.1. The van der Waals surface area contributed by atoms with Gasteiger partial charge in [0.1, 0.15) is 12.7 Å². The maximum atomic E-state index is 13.0. The highest BCUT2D eigenvalue weighted by atomic mass is 16.2. The van der Waals surface area contributed by atoms with Crippen LogP contribution in [0.5, 0.6) is 0 Å². The maximum Gasteiger partial charge on any atom is 0.254 e. The standard InChI is InChI=1S/C23H25N5O2/c1-17(19-9-11-21(12-10-19)28-16-24-15-25-28)26(2)23(30)20-7-5-18(6-8-20)14-27-13-3-4-22(27)29/h5-12,15-17H,3-4,13-14H2,1-2H3. The Morgan fingerprint density at radius 1 is 1.13 bits per heavy atom. The molecule has 0 radical (unpaired) electrons. The third-order valence-corrected chi connectivity index (χ3v) is 5.71. The fourth-order valence-electron chi connectivity index (χ4n) is 3.69. The minimum atomic E-state index is -0.0794. The first kappa shape index (κ1) is 19.8. The molecule has 154 valence electrons. The summed E-state index contributed by atoms with van der Waals surface area (Å²) in [5.41, 5.74) is 3.64. The molecule has 0 aliphatic carbocycles. The van der Waals surface area contributed by atoms with Gasteiger partial charge in [-0.25, -0.2) is 9.67 Å². The highest BCUT2D eigenvalue weighted by Crippen LogP contribution is 2.22. The molecule has 3 aromatic rings. The fraction of sp³-hybridized carbons (Fsp3) is 0.304. The molecular weight excluding hydrogens is 378 g/mol. The number of hydrogen-bond acceptors (Lipinski definition) is 4. The summed E-state index contributed by atoms with van der Waals surface area (Å²) in [6.07, 6.45) is 4.71. The Kier molecular flexibility index (Phi) is 5.61. The van der Waals surface area contributed by atoms with Crippen LogP contribution in [0.1, 0.15) is 47.3 Å². The molecule has 7 nitrogen and oxygen atoms in total. The normalized spacial score (nSPS) is 14.7. The zero-order valence-electron chi connectivity index (χ0n) is 17.2. The van der Waals surface area contributed by atoms with Crippen molar-refractivity contribution in [2.24, 2.45) is 0 Å². The van der Waals surface area contributed by atoms with Crippen LogP contribution in [-0.4, -0.2) is 50.0 Å². The van der Waals surface area contributed by atoms with E-state index in [9.17, 15) is 9.59 Å². The average molecular weight is 403 g/mol. The van der Waals surface area contributed by atoms with Gasteiger partial charge in [0.25, 0.3) is 5.91 Å². The van der Waals surface area contributed by atoms with E-state index in [1.165, 1.54) is 6.33 Å². The van der Waals surface area contributed by atoms with Gasteiger partial charge in [-0.3, -0.25) is 9.59 Å². The molecule has 30 heavy (non-hydrogen) atoms. The number of benzene rings is 2. The molecular formula is C23H25N5O2. The van der Waals surface area contributed by atoms with Gasteiger partial charge in [0.2, 0.25) is 5.91 Å². The van der Waals surface area contributed by atoms with E-state index in [-0.39, 0.29) is 17.9 Å². The van der Waals surface area contributed by atoms with E-state index in [1.54, 1.807) is 15.9 Å². The Labute approximate surface area is 175 Å². The lowest BCUT2D eigenvalue weighted by Gasteiger charge is -2.26. The Morgan fingerprint density at radius 2 is 1.87 bits per heavy atom. The molecule has 0 saturated carbocycles. The van der Waals surface area contributed by atoms with Crippen LogP contribution in [0.2, 0.25) is 0 Å². The molecule has 2 aromatic carbocycles. The third-order valence-electron chi connectivity index (χ3n) is 5.71. The van der Waals surface area contributed by atoms with Crippen molar-refractivity contribution in [2.75, 3.05) is 13.6 Å². The van der Waals surface area contributed by atoms with Gasteiger partial charge in [-0.05, 0) is 48.7 Å². The van der Waals surface area contributed by atoms with Crippen molar-refractivity contribution in [3.05, 3.63) is 77.9 Å². The molecule has 1 aliphatic rings. The van der Waals surface area contributed by atoms with Crippen molar-refractivity contribution >= 4 is 11.8 Å². The van der Waals surface area contributed by atoms with Gasteiger partial charge in [-0.15, -0.1) is 0 Å². The second-order valence-electron chi connectivity index (χ2n) is 7.64. The topological polar surface area (TPSA) is 71.3 Å². The minimum absolute atomic E-state index is 0.0355. The highest BCUT2D eigenvalue weighted by molar-refractivity contribution is 5.94. The summed E-state index contributed by atoms with van der Waals surface area (Å²) >= 11 is 0. The van der Waals surface area contributed by atoms with Crippen LogP contribution in [0.4, 0.5) is 0 Å². The molecule has 1 atom stereocenters. The van der Waals surface area contributed by atoms with Gasteiger partial charge in [0, 0.05) is 32.1 Å². The van der Waals surface area contributed by atoms with Gasteiger partial charge in [0.05, 0.1) is 11.7 Å². The SMILES string of the molecule is CC(c1ccc(-n2cncn2)cc1)N(C)C(=O)c1ccc(CN2CCCC2=O)cc1. The Bertz CT molecular complexity index is 1010. The van der Waals surface area contributed by atoms with Gasteiger partial charge in [0.15, 0.2) is 0 Å². The van der Waals surface area contributed by atoms with Crippen LogP contribution in [0.25, 0.3) is 5.69 Å². The smallest absolute Gasteiger partial charge is 0.254 e. The molecule has 1 saturated heterocycles. The molecule has 2 heterocycles. The number of nitrogens with zero attached hydrogens (tertiary/aromatic N) is 5. The van der Waals surface area contributed by atoms with E-state index >= 15 is 0 Å². The second kappa shape index (κ2) is 8.49. The summed E-state index contributed by atoms with van der Waals surface area (Å²) in [7, 11) is 1.81. The van der Waals surface area contributed by atoms with Gasteiger partial charge < -0.3 is 9.80 Å². The first-order valence-corrected chi connectivity index (χ1v) is 10.1. The molecule has 1 unspecified atom stereocenters. The van der Waals surface area contributed by atoms with Gasteiger partial charge in [-0.1, -0.05) is 24.3 Å². The largest absolute Gasteiger partial charge is 0.338 e. The molecule has 0 spiro atoms. The average Bonchev–Trinajstić information content (AvgIpc) is 3.45. The van der Waals surface area contributed by atoms with E-state index < -0.39 is 0 Å². The first-order valence-electron chi connectivity index (χ1n) is 10.1. The van der Waals surface area contributed by atoms with Crippen LogP contribution in [0, 0.1) is 0 Å². The van der Waals surface area contributed by atoms with Crippen LogP contribution in [0.3, 0.4) is 0 Å². The predicted molar refractivity (Wildman–Crippen MR) is 113 cm³/mol. The Morgan fingerprint density at radius 3 is 2.47 bits per heavy atom. The Hall–Kier alpha value is -3.48. The molecule has 0 bridgehead atoms. The quantitative estimate of drug-likeness (QED) is 0.634. The van der Waals surface area contributed by atoms with Crippen molar-refractivity contribution in [2.45, 2.75) is 32.4 Å². The molecule has 7 heteroatoms. The molecule has 1 fully saturated rings. The highest BCUT2D eigenvalue weighted by Gasteiger charge is 2.21. The van der Waals surface area contributed by atoms with Crippen molar-refractivity contribution in [3.8, 4) is 5.69 Å². The predicted octanol–water partition coefficient (Wildman–Crippen LogP) is 3.22. The van der Waals surface area contributed by atoms with E-state index in [4.69, 9.17) is 0 Å².